The van der Waals surface area contributed by atoms with Gasteiger partial charge in [-0.1, -0.05) is 72.3 Å². The van der Waals surface area contributed by atoms with E-state index < -0.39 is 5.97 Å². The fraction of sp³-hybridized carbons (Fsp3) is 0.143. The summed E-state index contributed by atoms with van der Waals surface area (Å²) in [5.74, 6) is -0.408. The van der Waals surface area contributed by atoms with E-state index >= 15 is 0 Å². The van der Waals surface area contributed by atoms with E-state index in [4.69, 9.17) is 4.74 Å². The van der Waals surface area contributed by atoms with Crippen LogP contribution in [0, 0.1) is 6.92 Å². The molecule has 5 aromatic rings. The molecule has 5 nitrogen and oxygen atoms in total. The number of fused-ring (bicyclic) bond motifs is 3. The molecular formula is C28H23BrN2O3. The summed E-state index contributed by atoms with van der Waals surface area (Å²) in [4.78, 5) is 29.2. The topological polar surface area (TPSA) is 64.1 Å². The highest BCUT2D eigenvalue weighted by Crippen LogP contribution is 2.36. The zero-order chi connectivity index (χ0) is 23.8. The zero-order valence-electron chi connectivity index (χ0n) is 18.9. The summed E-state index contributed by atoms with van der Waals surface area (Å²) in [5.41, 5.74) is 5.39. The van der Waals surface area contributed by atoms with Gasteiger partial charge in [-0.15, -0.1) is 0 Å². The van der Waals surface area contributed by atoms with Gasteiger partial charge in [0, 0.05) is 22.9 Å². The number of nitrogens with zero attached hydrogens (tertiary/aromatic N) is 1. The fourth-order valence-corrected chi connectivity index (χ4v) is 5.04. The summed E-state index contributed by atoms with van der Waals surface area (Å²) in [6.07, 6.45) is 0. The lowest BCUT2D eigenvalue weighted by Crippen LogP contribution is -2.14. The van der Waals surface area contributed by atoms with Gasteiger partial charge >= 0.3 is 5.97 Å². The molecule has 0 spiro atoms. The molecule has 0 bridgehead atoms. The van der Waals surface area contributed by atoms with Crippen LogP contribution in [0.25, 0.3) is 32.9 Å². The lowest BCUT2D eigenvalue weighted by atomic mass is 10.0. The second kappa shape index (κ2) is 8.95. The number of benzene rings is 3. The van der Waals surface area contributed by atoms with Crippen LogP contribution >= 0.6 is 15.9 Å². The van der Waals surface area contributed by atoms with E-state index in [1.807, 2.05) is 84.3 Å². The van der Waals surface area contributed by atoms with Crippen LogP contribution in [-0.4, -0.2) is 22.1 Å². The second-order valence-corrected chi connectivity index (χ2v) is 9.05. The molecule has 34 heavy (non-hydrogen) atoms. The summed E-state index contributed by atoms with van der Waals surface area (Å²) in [6.45, 7) is 4.56. The Morgan fingerprint density at radius 3 is 2.47 bits per heavy atom. The van der Waals surface area contributed by atoms with Crippen LogP contribution < -0.4 is 5.56 Å². The first-order valence-corrected chi connectivity index (χ1v) is 11.9. The van der Waals surface area contributed by atoms with Crippen molar-refractivity contribution in [1.82, 2.24) is 9.55 Å². The summed E-state index contributed by atoms with van der Waals surface area (Å²) < 4.78 is 7.98. The Hall–Kier alpha value is -3.64. The average molecular weight is 515 g/mol. The molecule has 5 rings (SSSR count). The standard InChI is InChI=1S/C28H23BrN2O3/c1-3-34-28(33)26-23(29)21-14-13-20-15-22(19-7-5-4-6-8-19)27(32)30-24(20)25(21)31(26)16-18-11-9-17(2)10-12-18/h4-15H,3,16H2,1-2H3,(H,30,32). The molecule has 0 fully saturated rings. The minimum absolute atomic E-state index is 0.178. The Bertz CT molecular complexity index is 1580. The molecular weight excluding hydrogens is 492 g/mol. The highest BCUT2D eigenvalue weighted by atomic mass is 79.9. The number of aromatic nitrogens is 2. The van der Waals surface area contributed by atoms with Crippen LogP contribution in [0.15, 0.2) is 82.1 Å². The zero-order valence-corrected chi connectivity index (χ0v) is 20.5. The smallest absolute Gasteiger partial charge is 0.356 e. The molecule has 6 heteroatoms. The van der Waals surface area contributed by atoms with E-state index in [9.17, 15) is 9.59 Å². The predicted octanol–water partition coefficient (Wildman–Crippen LogP) is 6.45. The molecule has 0 amide bonds. The molecule has 0 aliphatic carbocycles. The summed E-state index contributed by atoms with van der Waals surface area (Å²) in [7, 11) is 0. The molecule has 0 aliphatic heterocycles. The minimum atomic E-state index is -0.408. The van der Waals surface area contributed by atoms with Crippen molar-refractivity contribution in [3.8, 4) is 11.1 Å². The average Bonchev–Trinajstić information content (AvgIpc) is 3.12. The van der Waals surface area contributed by atoms with E-state index in [1.54, 1.807) is 6.92 Å². The SMILES string of the molecule is CCOC(=O)c1c(Br)c2ccc3cc(-c4ccccc4)c(=O)[nH]c3c2n1Cc1ccc(C)cc1. The third-order valence-corrected chi connectivity index (χ3v) is 6.79. The van der Waals surface area contributed by atoms with E-state index in [-0.39, 0.29) is 12.2 Å². The molecule has 3 aromatic carbocycles. The van der Waals surface area contributed by atoms with Crippen LogP contribution in [0.2, 0.25) is 0 Å². The van der Waals surface area contributed by atoms with Crippen molar-refractivity contribution in [3.05, 3.63) is 104 Å². The van der Waals surface area contributed by atoms with Gasteiger partial charge in [0.05, 0.1) is 22.1 Å². The molecule has 0 atom stereocenters. The summed E-state index contributed by atoms with van der Waals surface area (Å²) in [5, 5.41) is 1.72. The third-order valence-electron chi connectivity index (χ3n) is 5.99. The quantitative estimate of drug-likeness (QED) is 0.274. The number of aromatic amines is 1. The van der Waals surface area contributed by atoms with Crippen LogP contribution in [0.3, 0.4) is 0 Å². The lowest BCUT2D eigenvalue weighted by molar-refractivity contribution is 0.0514. The van der Waals surface area contributed by atoms with Crippen LogP contribution in [0.4, 0.5) is 0 Å². The van der Waals surface area contributed by atoms with E-state index in [0.717, 1.165) is 33.0 Å². The Balaban J connectivity index is 1.80. The minimum Gasteiger partial charge on any atom is -0.461 e. The van der Waals surface area contributed by atoms with Crippen molar-refractivity contribution in [3.63, 3.8) is 0 Å². The van der Waals surface area contributed by atoms with Gasteiger partial charge in [0.25, 0.3) is 5.56 Å². The maximum Gasteiger partial charge on any atom is 0.356 e. The van der Waals surface area contributed by atoms with E-state index in [1.165, 1.54) is 0 Å². The van der Waals surface area contributed by atoms with Crippen molar-refractivity contribution in [2.45, 2.75) is 20.4 Å². The Morgan fingerprint density at radius 1 is 1.03 bits per heavy atom. The molecule has 0 saturated heterocycles. The molecule has 0 saturated carbocycles. The maximum atomic E-state index is 13.1. The summed E-state index contributed by atoms with van der Waals surface area (Å²) >= 11 is 3.64. The number of rotatable bonds is 5. The number of pyridine rings is 1. The number of halogens is 1. The molecule has 170 valence electrons. The van der Waals surface area contributed by atoms with Crippen molar-refractivity contribution >= 4 is 43.7 Å². The van der Waals surface area contributed by atoms with Gasteiger partial charge in [-0.3, -0.25) is 4.79 Å². The number of H-pyrrole nitrogens is 1. The van der Waals surface area contributed by atoms with Gasteiger partial charge in [0.15, 0.2) is 0 Å². The van der Waals surface area contributed by atoms with Gasteiger partial charge < -0.3 is 14.3 Å². The van der Waals surface area contributed by atoms with Crippen LogP contribution in [0.5, 0.6) is 0 Å². The monoisotopic (exact) mass is 514 g/mol. The van der Waals surface area contributed by atoms with Crippen molar-refractivity contribution in [2.24, 2.45) is 0 Å². The van der Waals surface area contributed by atoms with Gasteiger partial charge in [0.2, 0.25) is 0 Å². The van der Waals surface area contributed by atoms with Gasteiger partial charge in [0.1, 0.15) is 5.69 Å². The number of esters is 1. The number of nitrogens with one attached hydrogen (secondary N) is 1. The molecule has 0 unspecified atom stereocenters. The first-order chi connectivity index (χ1) is 16.5. The largest absolute Gasteiger partial charge is 0.461 e. The van der Waals surface area contributed by atoms with Crippen molar-refractivity contribution in [2.75, 3.05) is 6.61 Å². The lowest BCUT2D eigenvalue weighted by Gasteiger charge is -2.13. The molecule has 0 radical (unpaired) electrons. The number of ether oxygens (including phenoxy) is 1. The number of aryl methyl sites for hydroxylation is 1. The maximum absolute atomic E-state index is 13.1. The third kappa shape index (κ3) is 3.84. The Kier molecular flexibility index (Phi) is 5.84. The predicted molar refractivity (Wildman–Crippen MR) is 139 cm³/mol. The molecule has 2 heterocycles. The first-order valence-electron chi connectivity index (χ1n) is 11.1. The normalized spacial score (nSPS) is 11.3. The van der Waals surface area contributed by atoms with Crippen LogP contribution in [-0.2, 0) is 11.3 Å². The molecule has 1 N–H and O–H groups in total. The van der Waals surface area contributed by atoms with Crippen molar-refractivity contribution < 1.29 is 9.53 Å². The van der Waals surface area contributed by atoms with Gasteiger partial charge in [-0.25, -0.2) is 4.79 Å². The van der Waals surface area contributed by atoms with E-state index in [0.29, 0.717) is 27.8 Å². The molecule has 0 aliphatic rings. The number of carbonyl (C=O) groups excluding carboxylic acids is 1. The Labute approximate surface area is 205 Å². The number of hydrogen-bond donors (Lipinski definition) is 1. The fourth-order valence-electron chi connectivity index (χ4n) is 4.34. The van der Waals surface area contributed by atoms with Gasteiger partial charge in [-0.2, -0.15) is 0 Å². The molecule has 2 aromatic heterocycles. The first kappa shape index (κ1) is 22.2. The second-order valence-electron chi connectivity index (χ2n) is 8.26. The van der Waals surface area contributed by atoms with Crippen molar-refractivity contribution in [1.29, 1.82) is 0 Å². The highest BCUT2D eigenvalue weighted by Gasteiger charge is 2.24. The highest BCUT2D eigenvalue weighted by molar-refractivity contribution is 9.10. The van der Waals surface area contributed by atoms with E-state index in [2.05, 4.69) is 20.9 Å². The number of hydrogen-bond acceptors (Lipinski definition) is 3. The van der Waals surface area contributed by atoms with Gasteiger partial charge in [-0.05, 0) is 47.0 Å². The van der Waals surface area contributed by atoms with Crippen LogP contribution in [0.1, 0.15) is 28.5 Å². The Morgan fingerprint density at radius 2 is 1.76 bits per heavy atom. The number of carbonyl (C=O) groups is 1. The summed E-state index contributed by atoms with van der Waals surface area (Å²) in [6, 6.07) is 23.6.